The Balaban J connectivity index is 1.53. The molecule has 0 aromatic heterocycles. The van der Waals surface area contributed by atoms with Gasteiger partial charge in [-0.15, -0.1) is 0 Å². The number of hydrogen-bond donors (Lipinski definition) is 0. The third kappa shape index (κ3) is 3.46. The summed E-state index contributed by atoms with van der Waals surface area (Å²) in [7, 11) is -3.72. The average molecular weight is 436 g/mol. The molecule has 0 bridgehead atoms. The number of morpholine rings is 1. The van der Waals surface area contributed by atoms with Crippen LogP contribution in [0.15, 0.2) is 29.2 Å². The molecule has 3 heterocycles. The SMILES string of the molecule is CCN1C(=O)[C@@H]2CN(C(=O)c3cccc(S(=O)(=O)N4CCOCC4)c3)CCN2C1=O. The fraction of sp³-hybridized carbons (Fsp3) is 0.526. The van der Waals surface area contributed by atoms with Gasteiger partial charge in [-0.3, -0.25) is 14.5 Å². The molecule has 4 amide bonds. The van der Waals surface area contributed by atoms with E-state index in [1.54, 1.807) is 19.1 Å². The van der Waals surface area contributed by atoms with Crippen LogP contribution in [0.1, 0.15) is 17.3 Å². The lowest BCUT2D eigenvalue weighted by atomic mass is 10.1. The van der Waals surface area contributed by atoms with Crippen LogP contribution in [-0.2, 0) is 19.6 Å². The molecule has 4 rings (SSSR count). The number of sulfonamides is 1. The van der Waals surface area contributed by atoms with E-state index in [-0.39, 0.29) is 61.0 Å². The van der Waals surface area contributed by atoms with Gasteiger partial charge in [0.05, 0.1) is 24.7 Å². The normalized spacial score (nSPS) is 23.1. The topological polar surface area (TPSA) is 108 Å². The number of carbonyl (C=O) groups is 3. The summed E-state index contributed by atoms with van der Waals surface area (Å²) in [6.45, 7) is 3.89. The van der Waals surface area contributed by atoms with E-state index in [0.29, 0.717) is 19.8 Å². The first-order valence-electron chi connectivity index (χ1n) is 9.94. The molecule has 0 saturated carbocycles. The summed E-state index contributed by atoms with van der Waals surface area (Å²) < 4.78 is 32.3. The number of ether oxygens (including phenoxy) is 1. The smallest absolute Gasteiger partial charge is 0.327 e. The van der Waals surface area contributed by atoms with Gasteiger partial charge in [-0.25, -0.2) is 13.2 Å². The Morgan fingerprint density at radius 3 is 2.57 bits per heavy atom. The number of piperazine rings is 1. The summed E-state index contributed by atoms with van der Waals surface area (Å²) in [5, 5.41) is 0. The molecule has 11 heteroatoms. The zero-order valence-corrected chi connectivity index (χ0v) is 17.5. The highest BCUT2D eigenvalue weighted by molar-refractivity contribution is 7.89. The van der Waals surface area contributed by atoms with Crippen molar-refractivity contribution >= 4 is 27.9 Å². The fourth-order valence-corrected chi connectivity index (χ4v) is 5.49. The van der Waals surface area contributed by atoms with Gasteiger partial charge in [0, 0.05) is 38.3 Å². The molecule has 0 unspecified atom stereocenters. The molecule has 3 aliphatic rings. The molecule has 10 nitrogen and oxygen atoms in total. The van der Waals surface area contributed by atoms with Gasteiger partial charge < -0.3 is 14.5 Å². The molecule has 1 aromatic rings. The van der Waals surface area contributed by atoms with E-state index in [0.717, 1.165) is 0 Å². The number of benzene rings is 1. The maximum atomic E-state index is 13.1. The van der Waals surface area contributed by atoms with Gasteiger partial charge in [0.1, 0.15) is 6.04 Å². The van der Waals surface area contributed by atoms with Gasteiger partial charge in [0.25, 0.3) is 11.8 Å². The van der Waals surface area contributed by atoms with Crippen LogP contribution in [-0.4, -0.2) is 104 Å². The van der Waals surface area contributed by atoms with Crippen LogP contribution >= 0.6 is 0 Å². The largest absolute Gasteiger partial charge is 0.379 e. The lowest BCUT2D eigenvalue weighted by molar-refractivity contribution is -0.129. The second kappa shape index (κ2) is 7.97. The Morgan fingerprint density at radius 2 is 1.87 bits per heavy atom. The predicted octanol–water partition coefficient (Wildman–Crippen LogP) is -0.184. The van der Waals surface area contributed by atoms with Gasteiger partial charge in [-0.05, 0) is 25.1 Å². The Hall–Kier alpha value is -2.50. The molecule has 30 heavy (non-hydrogen) atoms. The maximum absolute atomic E-state index is 13.1. The maximum Gasteiger partial charge on any atom is 0.327 e. The van der Waals surface area contributed by atoms with E-state index in [4.69, 9.17) is 4.74 Å². The van der Waals surface area contributed by atoms with E-state index < -0.39 is 16.1 Å². The number of urea groups is 1. The predicted molar refractivity (Wildman–Crippen MR) is 105 cm³/mol. The van der Waals surface area contributed by atoms with Crippen LogP contribution in [0, 0.1) is 0 Å². The van der Waals surface area contributed by atoms with Crippen molar-refractivity contribution < 1.29 is 27.5 Å². The van der Waals surface area contributed by atoms with Crippen LogP contribution in [0.4, 0.5) is 4.79 Å². The van der Waals surface area contributed by atoms with Crippen LogP contribution in [0.25, 0.3) is 0 Å². The molecule has 0 N–H and O–H groups in total. The van der Waals surface area contributed by atoms with Crippen molar-refractivity contribution in [2.24, 2.45) is 0 Å². The van der Waals surface area contributed by atoms with E-state index >= 15 is 0 Å². The minimum Gasteiger partial charge on any atom is -0.379 e. The summed E-state index contributed by atoms with van der Waals surface area (Å²) in [5.74, 6) is -0.660. The van der Waals surface area contributed by atoms with Crippen molar-refractivity contribution in [3.05, 3.63) is 29.8 Å². The molecule has 162 valence electrons. The summed E-state index contributed by atoms with van der Waals surface area (Å²) in [6, 6.07) is 4.94. The molecule has 3 fully saturated rings. The zero-order chi connectivity index (χ0) is 21.5. The number of carbonyl (C=O) groups excluding carboxylic acids is 3. The number of nitrogens with zero attached hydrogens (tertiary/aromatic N) is 4. The molecular formula is C19H24N4O6S. The van der Waals surface area contributed by atoms with Gasteiger partial charge in [0.15, 0.2) is 0 Å². The Kier molecular flexibility index (Phi) is 5.51. The van der Waals surface area contributed by atoms with E-state index in [2.05, 4.69) is 0 Å². The molecule has 0 radical (unpaired) electrons. The number of likely N-dealkylation sites (N-methyl/N-ethyl adjacent to an activating group) is 1. The minimum absolute atomic E-state index is 0.0539. The first kappa shape index (κ1) is 20.8. The van der Waals surface area contributed by atoms with Crippen LogP contribution < -0.4 is 0 Å². The first-order chi connectivity index (χ1) is 14.3. The van der Waals surface area contributed by atoms with E-state index in [1.807, 2.05) is 0 Å². The first-order valence-corrected chi connectivity index (χ1v) is 11.4. The molecule has 0 aliphatic carbocycles. The minimum atomic E-state index is -3.72. The van der Waals surface area contributed by atoms with Crippen molar-refractivity contribution in [2.45, 2.75) is 17.9 Å². The number of fused-ring (bicyclic) bond motifs is 1. The number of hydrogen-bond acceptors (Lipinski definition) is 6. The van der Waals surface area contributed by atoms with Crippen molar-refractivity contribution in [3.63, 3.8) is 0 Å². The summed E-state index contributed by atoms with van der Waals surface area (Å²) in [5.41, 5.74) is 0.238. The zero-order valence-electron chi connectivity index (χ0n) is 16.7. The van der Waals surface area contributed by atoms with E-state index in [9.17, 15) is 22.8 Å². The van der Waals surface area contributed by atoms with Gasteiger partial charge in [0.2, 0.25) is 10.0 Å². The highest BCUT2D eigenvalue weighted by atomic mass is 32.2. The molecule has 3 aliphatic heterocycles. The van der Waals surface area contributed by atoms with Gasteiger partial charge in [-0.1, -0.05) is 6.07 Å². The average Bonchev–Trinajstić information content (AvgIpc) is 3.02. The monoisotopic (exact) mass is 436 g/mol. The Bertz CT molecular complexity index is 975. The van der Waals surface area contributed by atoms with Crippen molar-refractivity contribution in [2.75, 3.05) is 52.5 Å². The van der Waals surface area contributed by atoms with Crippen molar-refractivity contribution in [1.82, 2.24) is 19.0 Å². The highest BCUT2D eigenvalue weighted by Gasteiger charge is 2.47. The second-order valence-corrected chi connectivity index (χ2v) is 9.31. The lowest BCUT2D eigenvalue weighted by Crippen LogP contribution is -2.54. The number of rotatable bonds is 4. The van der Waals surface area contributed by atoms with E-state index in [1.165, 1.54) is 31.1 Å². The number of amides is 4. The summed E-state index contributed by atoms with van der Waals surface area (Å²) in [4.78, 5) is 42.1. The van der Waals surface area contributed by atoms with Crippen LogP contribution in [0.5, 0.6) is 0 Å². The van der Waals surface area contributed by atoms with Crippen molar-refractivity contribution in [1.29, 1.82) is 0 Å². The van der Waals surface area contributed by atoms with Gasteiger partial charge in [-0.2, -0.15) is 4.31 Å². The fourth-order valence-electron chi connectivity index (χ4n) is 4.04. The number of imide groups is 1. The molecule has 1 aromatic carbocycles. The second-order valence-electron chi connectivity index (χ2n) is 7.37. The standard InChI is InChI=1S/C19H24N4O6S/c1-2-22-18(25)16-13-20(6-7-23(16)19(22)26)17(24)14-4-3-5-15(12-14)30(27,28)21-8-10-29-11-9-21/h3-5,12,16H,2,6-11,13H2,1H3/t16-/m0/s1. The summed E-state index contributed by atoms with van der Waals surface area (Å²) in [6.07, 6.45) is 0. The Labute approximate surface area is 175 Å². The van der Waals surface area contributed by atoms with Crippen LogP contribution in [0.3, 0.4) is 0 Å². The third-order valence-corrected chi connectivity index (χ3v) is 7.59. The molecule has 0 spiro atoms. The molecule has 3 saturated heterocycles. The van der Waals surface area contributed by atoms with Crippen LogP contribution in [0.2, 0.25) is 0 Å². The molecule has 1 atom stereocenters. The molecular weight excluding hydrogens is 412 g/mol. The Morgan fingerprint density at radius 1 is 1.13 bits per heavy atom. The highest BCUT2D eigenvalue weighted by Crippen LogP contribution is 2.24. The quantitative estimate of drug-likeness (QED) is 0.606. The lowest BCUT2D eigenvalue weighted by Gasteiger charge is -2.35. The third-order valence-electron chi connectivity index (χ3n) is 5.70. The summed E-state index contributed by atoms with van der Waals surface area (Å²) >= 11 is 0. The van der Waals surface area contributed by atoms with Crippen molar-refractivity contribution in [3.8, 4) is 0 Å². The van der Waals surface area contributed by atoms with Gasteiger partial charge >= 0.3 is 6.03 Å².